The van der Waals surface area contributed by atoms with Crippen LogP contribution < -0.4 is 15.4 Å². The van der Waals surface area contributed by atoms with Gasteiger partial charge in [-0.25, -0.2) is 4.39 Å². The van der Waals surface area contributed by atoms with Crippen LogP contribution in [-0.4, -0.2) is 13.0 Å². The van der Waals surface area contributed by atoms with Crippen molar-refractivity contribution in [3.63, 3.8) is 0 Å². The van der Waals surface area contributed by atoms with Crippen LogP contribution >= 0.6 is 0 Å². The molecule has 2 N–H and O–H groups in total. The summed E-state index contributed by atoms with van der Waals surface area (Å²) in [5, 5.41) is 0. The van der Waals surface area contributed by atoms with Crippen molar-refractivity contribution in [1.29, 1.82) is 0 Å². The zero-order chi connectivity index (χ0) is 15.2. The largest absolute Gasteiger partial charge is 0.497 e. The van der Waals surface area contributed by atoms with Gasteiger partial charge in [-0.1, -0.05) is 18.2 Å². The number of carbonyl (C=O) groups excluding carboxylic acids is 1. The fourth-order valence-electron chi connectivity index (χ4n) is 2.59. The van der Waals surface area contributed by atoms with Crippen molar-refractivity contribution < 1.29 is 13.9 Å². The fourth-order valence-corrected chi connectivity index (χ4v) is 2.59. The number of ether oxygens (including phenoxy) is 1. The summed E-state index contributed by atoms with van der Waals surface area (Å²) in [6.45, 7) is 1.63. The normalized spacial score (nSPS) is 20.6. The van der Waals surface area contributed by atoms with E-state index in [1.165, 1.54) is 18.1 Å². The molecule has 1 unspecified atom stereocenters. The van der Waals surface area contributed by atoms with E-state index in [4.69, 9.17) is 10.5 Å². The lowest BCUT2D eigenvalue weighted by atomic mass is 9.95. The van der Waals surface area contributed by atoms with Gasteiger partial charge in [0.1, 0.15) is 17.1 Å². The van der Waals surface area contributed by atoms with Gasteiger partial charge in [-0.2, -0.15) is 0 Å². The summed E-state index contributed by atoms with van der Waals surface area (Å²) in [7, 11) is 1.54. The van der Waals surface area contributed by atoms with Crippen LogP contribution in [0.15, 0.2) is 42.5 Å². The average Bonchev–Trinajstić information content (AvgIpc) is 2.67. The van der Waals surface area contributed by atoms with Gasteiger partial charge in [0.25, 0.3) is 5.91 Å². The number of methoxy groups -OCH3 is 1. The Morgan fingerprint density at radius 3 is 2.57 bits per heavy atom. The summed E-state index contributed by atoms with van der Waals surface area (Å²) >= 11 is 0. The van der Waals surface area contributed by atoms with Crippen LogP contribution in [0.5, 0.6) is 5.75 Å². The molecule has 0 fully saturated rings. The van der Waals surface area contributed by atoms with Crippen molar-refractivity contribution in [3.05, 3.63) is 53.8 Å². The number of amides is 1. The second-order valence-corrected chi connectivity index (χ2v) is 5.18. The molecular formula is C16H15FN2O2. The molecule has 1 amide bonds. The van der Waals surface area contributed by atoms with E-state index >= 15 is 0 Å². The number of benzene rings is 2. The first-order chi connectivity index (χ1) is 9.96. The van der Waals surface area contributed by atoms with Crippen LogP contribution in [0.4, 0.5) is 15.8 Å². The Balaban J connectivity index is 2.24. The third kappa shape index (κ3) is 1.89. The number of para-hydroxylation sites is 1. The van der Waals surface area contributed by atoms with E-state index in [1.807, 2.05) is 0 Å². The average molecular weight is 286 g/mol. The minimum atomic E-state index is -1.19. The molecule has 21 heavy (non-hydrogen) atoms. The van der Waals surface area contributed by atoms with Crippen molar-refractivity contribution in [2.24, 2.45) is 5.73 Å². The maximum Gasteiger partial charge on any atom is 0.256 e. The highest BCUT2D eigenvalue weighted by Gasteiger charge is 2.46. The molecule has 1 heterocycles. The molecule has 0 radical (unpaired) electrons. The number of rotatable bonds is 2. The van der Waals surface area contributed by atoms with Crippen molar-refractivity contribution in [1.82, 2.24) is 0 Å². The highest BCUT2D eigenvalue weighted by molar-refractivity contribution is 6.12. The Morgan fingerprint density at radius 2 is 1.90 bits per heavy atom. The summed E-state index contributed by atoms with van der Waals surface area (Å²) in [5.74, 6) is -0.256. The van der Waals surface area contributed by atoms with E-state index in [9.17, 15) is 9.18 Å². The van der Waals surface area contributed by atoms with Gasteiger partial charge in [0.05, 0.1) is 18.5 Å². The number of hydrogen-bond acceptors (Lipinski definition) is 3. The molecule has 0 saturated heterocycles. The Bertz CT molecular complexity index is 728. The van der Waals surface area contributed by atoms with E-state index in [1.54, 1.807) is 43.3 Å². The summed E-state index contributed by atoms with van der Waals surface area (Å²) in [5.41, 5.74) is 6.34. The van der Waals surface area contributed by atoms with E-state index in [-0.39, 0.29) is 11.6 Å². The molecule has 0 bridgehead atoms. The molecule has 0 saturated carbocycles. The quantitative estimate of drug-likeness (QED) is 0.923. The summed E-state index contributed by atoms with van der Waals surface area (Å²) in [6, 6.07) is 11.3. The van der Waals surface area contributed by atoms with Gasteiger partial charge in [0.2, 0.25) is 0 Å². The van der Waals surface area contributed by atoms with Crippen LogP contribution in [0.25, 0.3) is 0 Å². The Morgan fingerprint density at radius 1 is 1.19 bits per heavy atom. The molecule has 108 valence electrons. The molecule has 0 spiro atoms. The maximum absolute atomic E-state index is 14.1. The number of nitrogens with zero attached hydrogens (tertiary/aromatic N) is 1. The third-order valence-electron chi connectivity index (χ3n) is 3.75. The number of hydrogen-bond donors (Lipinski definition) is 1. The topological polar surface area (TPSA) is 55.6 Å². The van der Waals surface area contributed by atoms with E-state index in [0.717, 1.165) is 0 Å². The van der Waals surface area contributed by atoms with Crippen molar-refractivity contribution in [2.45, 2.75) is 12.5 Å². The molecule has 3 rings (SSSR count). The molecule has 0 aromatic heterocycles. The van der Waals surface area contributed by atoms with Crippen LogP contribution in [0, 0.1) is 5.82 Å². The second kappa shape index (κ2) is 4.56. The van der Waals surface area contributed by atoms with Crippen molar-refractivity contribution in [2.75, 3.05) is 12.0 Å². The number of carbonyl (C=O) groups is 1. The minimum Gasteiger partial charge on any atom is -0.497 e. The summed E-state index contributed by atoms with van der Waals surface area (Å²) in [4.78, 5) is 13.9. The summed E-state index contributed by atoms with van der Waals surface area (Å²) in [6.07, 6.45) is 0. The maximum atomic E-state index is 14.1. The number of anilines is 2. The molecule has 1 atom stereocenters. The van der Waals surface area contributed by atoms with Gasteiger partial charge in [-0.05, 0) is 25.1 Å². The first-order valence-corrected chi connectivity index (χ1v) is 6.53. The molecular weight excluding hydrogens is 271 g/mol. The van der Waals surface area contributed by atoms with Crippen LogP contribution in [0.1, 0.15) is 12.5 Å². The third-order valence-corrected chi connectivity index (χ3v) is 3.75. The van der Waals surface area contributed by atoms with Crippen molar-refractivity contribution >= 4 is 17.3 Å². The second-order valence-electron chi connectivity index (χ2n) is 5.18. The molecule has 1 aliphatic heterocycles. The molecule has 4 nitrogen and oxygen atoms in total. The zero-order valence-electron chi connectivity index (χ0n) is 11.8. The van der Waals surface area contributed by atoms with Crippen molar-refractivity contribution in [3.8, 4) is 5.75 Å². The highest BCUT2D eigenvalue weighted by Crippen LogP contribution is 2.44. The predicted octanol–water partition coefficient (Wildman–Crippen LogP) is 2.69. The highest BCUT2D eigenvalue weighted by atomic mass is 19.1. The van der Waals surface area contributed by atoms with Crippen LogP contribution in [-0.2, 0) is 10.3 Å². The predicted molar refractivity (Wildman–Crippen MR) is 78.1 cm³/mol. The van der Waals surface area contributed by atoms with Gasteiger partial charge in [-0.3, -0.25) is 9.69 Å². The Hall–Kier alpha value is -2.40. The number of fused-ring (bicyclic) bond motifs is 1. The summed E-state index contributed by atoms with van der Waals surface area (Å²) < 4.78 is 19.3. The lowest BCUT2D eigenvalue weighted by Gasteiger charge is -2.20. The minimum absolute atomic E-state index is 0.186. The van der Waals surface area contributed by atoms with Gasteiger partial charge < -0.3 is 10.5 Å². The van der Waals surface area contributed by atoms with E-state index in [0.29, 0.717) is 17.0 Å². The molecule has 0 aliphatic carbocycles. The lowest BCUT2D eigenvalue weighted by Crippen LogP contribution is -2.43. The van der Waals surface area contributed by atoms with Gasteiger partial charge >= 0.3 is 0 Å². The van der Waals surface area contributed by atoms with E-state index in [2.05, 4.69) is 0 Å². The molecule has 2 aromatic carbocycles. The standard InChI is InChI=1S/C16H15FN2O2/c1-16(18)11-8-7-10(21-2)9-14(11)19(15(16)20)13-6-4-3-5-12(13)17/h3-9H,18H2,1-2H3. The SMILES string of the molecule is COc1ccc2c(c1)N(c1ccccc1F)C(=O)C2(C)N. The van der Waals surface area contributed by atoms with Crippen LogP contribution in [0.3, 0.4) is 0 Å². The van der Waals surface area contributed by atoms with Gasteiger partial charge in [0, 0.05) is 11.6 Å². The molecule has 5 heteroatoms. The van der Waals surface area contributed by atoms with Gasteiger partial charge in [-0.15, -0.1) is 0 Å². The first-order valence-electron chi connectivity index (χ1n) is 6.53. The number of nitrogens with two attached hydrogens (primary N) is 1. The zero-order valence-corrected chi connectivity index (χ0v) is 11.8. The molecule has 2 aromatic rings. The lowest BCUT2D eigenvalue weighted by molar-refractivity contribution is -0.121. The first kappa shape index (κ1) is 13.6. The Kier molecular flexibility index (Phi) is 2.95. The number of halogens is 1. The molecule has 1 aliphatic rings. The Labute approximate surface area is 121 Å². The fraction of sp³-hybridized carbons (Fsp3) is 0.188. The van der Waals surface area contributed by atoms with Crippen LogP contribution in [0.2, 0.25) is 0 Å². The smallest absolute Gasteiger partial charge is 0.256 e. The van der Waals surface area contributed by atoms with E-state index < -0.39 is 11.4 Å². The van der Waals surface area contributed by atoms with Gasteiger partial charge in [0.15, 0.2) is 0 Å². The monoisotopic (exact) mass is 286 g/mol.